The van der Waals surface area contributed by atoms with Gasteiger partial charge >= 0.3 is 0 Å². The predicted octanol–water partition coefficient (Wildman–Crippen LogP) is 2.07. The quantitative estimate of drug-likeness (QED) is 0.568. The fraction of sp³-hybridized carbons (Fsp3) is 1.00. The Hall–Kier alpha value is -0.120. The highest BCUT2D eigenvalue weighted by molar-refractivity contribution is 4.71. The molecular formula is C12H27NO2. The zero-order valence-corrected chi connectivity index (χ0v) is 10.8. The smallest absolute Gasteiger partial charge is 0.0587 e. The molecule has 0 unspecified atom stereocenters. The lowest BCUT2D eigenvalue weighted by molar-refractivity contribution is 0.180. The van der Waals surface area contributed by atoms with Gasteiger partial charge in [-0.3, -0.25) is 0 Å². The van der Waals surface area contributed by atoms with E-state index in [2.05, 4.69) is 19.2 Å². The van der Waals surface area contributed by atoms with Crippen LogP contribution in [0.5, 0.6) is 0 Å². The van der Waals surface area contributed by atoms with E-state index in [0.29, 0.717) is 5.41 Å². The Morgan fingerprint density at radius 3 is 2.27 bits per heavy atom. The third kappa shape index (κ3) is 10.2. The summed E-state index contributed by atoms with van der Waals surface area (Å²) >= 11 is 0. The minimum Gasteiger partial charge on any atom is -0.385 e. The fourth-order valence-corrected chi connectivity index (χ4v) is 1.54. The van der Waals surface area contributed by atoms with Crippen LogP contribution >= 0.6 is 0 Å². The number of ether oxygens (including phenoxy) is 2. The molecule has 0 heterocycles. The largest absolute Gasteiger partial charge is 0.385 e. The number of hydrogen-bond donors (Lipinski definition) is 1. The Morgan fingerprint density at radius 1 is 1.00 bits per heavy atom. The first-order valence-corrected chi connectivity index (χ1v) is 5.81. The molecule has 0 aliphatic heterocycles. The lowest BCUT2D eigenvalue weighted by atomic mass is 9.87. The summed E-state index contributed by atoms with van der Waals surface area (Å²) in [6.45, 7) is 8.29. The van der Waals surface area contributed by atoms with Crippen molar-refractivity contribution in [1.82, 2.24) is 5.32 Å². The highest BCUT2D eigenvalue weighted by atomic mass is 16.5. The molecule has 0 spiro atoms. The third-order valence-corrected chi connectivity index (χ3v) is 2.54. The molecule has 0 radical (unpaired) electrons. The number of methoxy groups -OCH3 is 2. The maximum atomic E-state index is 5.04. The summed E-state index contributed by atoms with van der Waals surface area (Å²) in [4.78, 5) is 0. The Bertz CT molecular complexity index is 124. The van der Waals surface area contributed by atoms with E-state index < -0.39 is 0 Å². The van der Waals surface area contributed by atoms with Crippen LogP contribution in [-0.4, -0.2) is 40.5 Å². The molecule has 0 aromatic carbocycles. The van der Waals surface area contributed by atoms with Gasteiger partial charge in [-0.25, -0.2) is 0 Å². The monoisotopic (exact) mass is 217 g/mol. The second-order valence-electron chi connectivity index (χ2n) is 4.78. The van der Waals surface area contributed by atoms with Crippen molar-refractivity contribution in [2.75, 3.05) is 40.5 Å². The fourth-order valence-electron chi connectivity index (χ4n) is 1.54. The number of hydrogen-bond acceptors (Lipinski definition) is 3. The minimum absolute atomic E-state index is 0.376. The van der Waals surface area contributed by atoms with Crippen LogP contribution in [0.15, 0.2) is 0 Å². The number of rotatable bonds is 10. The van der Waals surface area contributed by atoms with Gasteiger partial charge in [-0.05, 0) is 18.3 Å². The van der Waals surface area contributed by atoms with Crippen LogP contribution in [0, 0.1) is 5.41 Å². The maximum absolute atomic E-state index is 5.04. The molecule has 0 rings (SSSR count). The molecule has 0 aromatic rings. The summed E-state index contributed by atoms with van der Waals surface area (Å²) in [5.41, 5.74) is 0.376. The normalized spacial score (nSPS) is 12.0. The van der Waals surface area contributed by atoms with Crippen molar-refractivity contribution in [1.29, 1.82) is 0 Å². The average molecular weight is 217 g/mol. The van der Waals surface area contributed by atoms with Gasteiger partial charge in [0.1, 0.15) is 0 Å². The van der Waals surface area contributed by atoms with E-state index in [9.17, 15) is 0 Å². The first kappa shape index (κ1) is 14.9. The third-order valence-electron chi connectivity index (χ3n) is 2.54. The van der Waals surface area contributed by atoms with Crippen LogP contribution in [0.3, 0.4) is 0 Å². The van der Waals surface area contributed by atoms with Crippen LogP contribution in [-0.2, 0) is 9.47 Å². The molecule has 15 heavy (non-hydrogen) atoms. The number of unbranched alkanes of at least 4 members (excludes halogenated alkanes) is 1. The van der Waals surface area contributed by atoms with E-state index in [1.165, 1.54) is 12.8 Å². The molecular weight excluding hydrogens is 190 g/mol. The molecule has 0 amide bonds. The SMILES string of the molecule is COCCCCC(C)(C)CNCCOC. The summed E-state index contributed by atoms with van der Waals surface area (Å²) in [5, 5.41) is 3.41. The van der Waals surface area contributed by atoms with Gasteiger partial charge < -0.3 is 14.8 Å². The van der Waals surface area contributed by atoms with E-state index in [-0.39, 0.29) is 0 Å². The summed E-state index contributed by atoms with van der Waals surface area (Å²) in [6, 6.07) is 0. The maximum Gasteiger partial charge on any atom is 0.0587 e. The predicted molar refractivity (Wildman–Crippen MR) is 64.3 cm³/mol. The van der Waals surface area contributed by atoms with Crippen molar-refractivity contribution in [3.8, 4) is 0 Å². The molecule has 0 bridgehead atoms. The van der Waals surface area contributed by atoms with Crippen molar-refractivity contribution in [2.45, 2.75) is 33.1 Å². The lowest BCUT2D eigenvalue weighted by Crippen LogP contribution is -2.31. The Morgan fingerprint density at radius 2 is 1.67 bits per heavy atom. The van der Waals surface area contributed by atoms with Gasteiger partial charge in [0, 0.05) is 33.9 Å². The molecule has 1 N–H and O–H groups in total. The van der Waals surface area contributed by atoms with Gasteiger partial charge in [0.25, 0.3) is 0 Å². The first-order valence-electron chi connectivity index (χ1n) is 5.81. The van der Waals surface area contributed by atoms with Gasteiger partial charge in [-0.15, -0.1) is 0 Å². The highest BCUT2D eigenvalue weighted by Gasteiger charge is 2.16. The summed E-state index contributed by atoms with van der Waals surface area (Å²) in [5.74, 6) is 0. The van der Waals surface area contributed by atoms with Gasteiger partial charge in [0.15, 0.2) is 0 Å². The summed E-state index contributed by atoms with van der Waals surface area (Å²) in [7, 11) is 3.50. The Labute approximate surface area is 94.5 Å². The number of nitrogens with one attached hydrogen (secondary N) is 1. The van der Waals surface area contributed by atoms with E-state index in [1.54, 1.807) is 14.2 Å². The van der Waals surface area contributed by atoms with Crippen molar-refractivity contribution < 1.29 is 9.47 Å². The van der Waals surface area contributed by atoms with E-state index in [0.717, 1.165) is 32.7 Å². The van der Waals surface area contributed by atoms with Crippen molar-refractivity contribution in [2.24, 2.45) is 5.41 Å². The summed E-state index contributed by atoms with van der Waals surface area (Å²) in [6.07, 6.45) is 3.65. The molecule has 0 aromatic heterocycles. The van der Waals surface area contributed by atoms with Gasteiger partial charge in [0.2, 0.25) is 0 Å². The summed E-state index contributed by atoms with van der Waals surface area (Å²) < 4.78 is 10.0. The highest BCUT2D eigenvalue weighted by Crippen LogP contribution is 2.21. The van der Waals surface area contributed by atoms with Crippen LogP contribution < -0.4 is 5.32 Å². The van der Waals surface area contributed by atoms with E-state index >= 15 is 0 Å². The van der Waals surface area contributed by atoms with Crippen molar-refractivity contribution >= 4 is 0 Å². The molecule has 0 aliphatic rings. The van der Waals surface area contributed by atoms with Crippen LogP contribution in [0.4, 0.5) is 0 Å². The van der Waals surface area contributed by atoms with Crippen LogP contribution in [0.2, 0.25) is 0 Å². The van der Waals surface area contributed by atoms with Crippen molar-refractivity contribution in [3.05, 3.63) is 0 Å². The Kier molecular flexibility index (Phi) is 9.06. The molecule has 92 valence electrons. The molecule has 0 saturated carbocycles. The van der Waals surface area contributed by atoms with Crippen molar-refractivity contribution in [3.63, 3.8) is 0 Å². The van der Waals surface area contributed by atoms with Gasteiger partial charge in [0.05, 0.1) is 6.61 Å². The Balaban J connectivity index is 3.40. The molecule has 0 saturated heterocycles. The van der Waals surface area contributed by atoms with Gasteiger partial charge in [-0.1, -0.05) is 20.3 Å². The average Bonchev–Trinajstić information content (AvgIpc) is 2.20. The lowest BCUT2D eigenvalue weighted by Gasteiger charge is -2.25. The van der Waals surface area contributed by atoms with E-state index in [4.69, 9.17) is 9.47 Å². The second-order valence-corrected chi connectivity index (χ2v) is 4.78. The minimum atomic E-state index is 0.376. The molecule has 3 heteroatoms. The molecule has 0 atom stereocenters. The molecule has 0 aliphatic carbocycles. The van der Waals surface area contributed by atoms with Crippen LogP contribution in [0.25, 0.3) is 0 Å². The second kappa shape index (κ2) is 9.13. The molecule has 0 fully saturated rings. The van der Waals surface area contributed by atoms with Gasteiger partial charge in [-0.2, -0.15) is 0 Å². The standard InChI is InChI=1S/C12H27NO2/c1-12(2,7-5-6-9-14-3)11-13-8-10-15-4/h13H,5-11H2,1-4H3. The van der Waals surface area contributed by atoms with E-state index in [1.807, 2.05) is 0 Å². The topological polar surface area (TPSA) is 30.5 Å². The zero-order chi connectivity index (χ0) is 11.6. The van der Waals surface area contributed by atoms with Crippen LogP contribution in [0.1, 0.15) is 33.1 Å². The molecule has 3 nitrogen and oxygen atoms in total. The zero-order valence-electron chi connectivity index (χ0n) is 10.8. The first-order chi connectivity index (χ1) is 7.12.